The lowest BCUT2D eigenvalue weighted by Crippen LogP contribution is -2.66. The molecule has 180 valence electrons. The maximum Gasteiger partial charge on any atom is 0.156 e. The van der Waals surface area contributed by atoms with E-state index in [1.807, 2.05) is 0 Å². The Balaban J connectivity index is 1.58. The Labute approximate surface area is 206 Å². The number of Topliss-reactive ketones (excluding diaryl/α,β-unsaturated/α-hetero) is 1. The first-order valence-corrected chi connectivity index (χ1v) is 14.4. The topological polar surface area (TPSA) is 17.1 Å². The average molecular weight is 504 g/mol. The van der Waals surface area contributed by atoms with Crippen molar-refractivity contribution in [1.82, 2.24) is 0 Å². The van der Waals surface area contributed by atoms with Crippen LogP contribution in [0.25, 0.3) is 0 Å². The van der Waals surface area contributed by atoms with E-state index in [2.05, 4.69) is 77.4 Å². The molecule has 0 N–H and O–H groups in total. The second kappa shape index (κ2) is 6.76. The van der Waals surface area contributed by atoms with E-state index in [9.17, 15) is 4.79 Å². The standard InChI is InChI=1S/C30H47BrO/c1-25(2)11-12-27(5)13-15-29(7)22-10-9-19-20(17-21(31)24(32)26(19,3)4)28(22,6)14-16-30(29,8)23(27)18-25/h9,20-23H,10-18H2,1-8H3/t20-,21?,22+,23-,27-,28+,29-,30+/m1/s1. The van der Waals surface area contributed by atoms with Gasteiger partial charge in [0.2, 0.25) is 0 Å². The quantitative estimate of drug-likeness (QED) is 0.239. The van der Waals surface area contributed by atoms with Crippen LogP contribution in [0.3, 0.4) is 0 Å². The molecule has 0 aromatic rings. The molecule has 4 saturated carbocycles. The summed E-state index contributed by atoms with van der Waals surface area (Å²) in [5.74, 6) is 2.53. The summed E-state index contributed by atoms with van der Waals surface area (Å²) in [6, 6.07) is 0. The number of hydrogen-bond donors (Lipinski definition) is 0. The lowest BCUT2D eigenvalue weighted by Gasteiger charge is -2.73. The minimum Gasteiger partial charge on any atom is -0.297 e. The van der Waals surface area contributed by atoms with Crippen molar-refractivity contribution in [3.8, 4) is 0 Å². The molecule has 0 aromatic heterocycles. The second-order valence-electron chi connectivity index (χ2n) is 15.1. The van der Waals surface area contributed by atoms with E-state index in [0.717, 1.165) is 18.3 Å². The molecule has 0 aromatic carbocycles. The van der Waals surface area contributed by atoms with Gasteiger partial charge in [-0.15, -0.1) is 0 Å². The van der Waals surface area contributed by atoms with Crippen LogP contribution in [0, 0.1) is 50.2 Å². The van der Waals surface area contributed by atoms with Crippen LogP contribution < -0.4 is 0 Å². The van der Waals surface area contributed by atoms with Gasteiger partial charge in [0.25, 0.3) is 0 Å². The molecule has 0 heterocycles. The number of carbonyl (C=O) groups excluding carboxylic acids is 1. The molecule has 2 heteroatoms. The minimum absolute atomic E-state index is 0.0186. The molecule has 1 nitrogen and oxygen atoms in total. The minimum atomic E-state index is -0.314. The van der Waals surface area contributed by atoms with Crippen molar-refractivity contribution in [3.05, 3.63) is 11.6 Å². The summed E-state index contributed by atoms with van der Waals surface area (Å²) in [6.07, 6.45) is 14.5. The van der Waals surface area contributed by atoms with Crippen LogP contribution in [0.15, 0.2) is 11.6 Å². The van der Waals surface area contributed by atoms with Crippen LogP contribution in [0.1, 0.15) is 113 Å². The van der Waals surface area contributed by atoms with Gasteiger partial charge in [0.05, 0.1) is 4.83 Å². The van der Waals surface area contributed by atoms with E-state index in [4.69, 9.17) is 0 Å². The third-order valence-electron chi connectivity index (χ3n) is 12.8. The monoisotopic (exact) mass is 502 g/mol. The molecule has 0 saturated heterocycles. The highest BCUT2D eigenvalue weighted by Gasteiger charge is 2.69. The first kappa shape index (κ1) is 23.6. The predicted octanol–water partition coefficient (Wildman–Crippen LogP) is 8.75. The summed E-state index contributed by atoms with van der Waals surface area (Å²) in [7, 11) is 0. The van der Waals surface area contributed by atoms with Gasteiger partial charge < -0.3 is 0 Å². The van der Waals surface area contributed by atoms with Crippen molar-refractivity contribution >= 4 is 21.7 Å². The van der Waals surface area contributed by atoms with E-state index < -0.39 is 0 Å². The first-order chi connectivity index (χ1) is 14.6. The highest BCUT2D eigenvalue weighted by molar-refractivity contribution is 9.10. The van der Waals surface area contributed by atoms with Crippen molar-refractivity contribution in [2.75, 3.05) is 0 Å². The van der Waals surface area contributed by atoms with Gasteiger partial charge in [-0.2, -0.15) is 0 Å². The van der Waals surface area contributed by atoms with E-state index >= 15 is 0 Å². The summed E-state index contributed by atoms with van der Waals surface area (Å²) < 4.78 is 0. The number of halogens is 1. The summed E-state index contributed by atoms with van der Waals surface area (Å²) in [5.41, 5.74) is 3.33. The zero-order chi connectivity index (χ0) is 23.5. The Kier molecular flexibility index (Phi) is 4.99. The lowest BCUT2D eigenvalue weighted by atomic mass is 9.31. The molecule has 5 rings (SSSR count). The number of fused-ring (bicyclic) bond motifs is 7. The normalized spacial score (nSPS) is 53.9. The van der Waals surface area contributed by atoms with E-state index in [1.165, 1.54) is 56.9 Å². The summed E-state index contributed by atoms with van der Waals surface area (Å²) in [5, 5.41) is 0. The van der Waals surface area contributed by atoms with Gasteiger partial charge in [0.15, 0.2) is 5.78 Å². The summed E-state index contributed by atoms with van der Waals surface area (Å²) in [6.45, 7) is 20.1. The molecule has 5 aliphatic carbocycles. The zero-order valence-corrected chi connectivity index (χ0v) is 23.6. The van der Waals surface area contributed by atoms with Gasteiger partial charge >= 0.3 is 0 Å². The molecule has 0 amide bonds. The van der Waals surface area contributed by atoms with Crippen LogP contribution >= 0.6 is 15.9 Å². The van der Waals surface area contributed by atoms with Crippen LogP contribution in [-0.2, 0) is 4.79 Å². The number of hydrogen-bond acceptors (Lipinski definition) is 1. The SMILES string of the molecule is CC1(C)CC[C@]2(C)CC[C@]3(C)[C@H]4CC=C5[C@@H](CC(Br)C(=O)C5(C)C)[C@]4(C)CC[C@@]3(C)[C@@H]2C1. The maximum absolute atomic E-state index is 13.1. The third kappa shape index (κ3) is 2.83. The number of allylic oxidation sites excluding steroid dienone is 2. The van der Waals surface area contributed by atoms with Crippen molar-refractivity contribution in [1.29, 1.82) is 0 Å². The van der Waals surface area contributed by atoms with Gasteiger partial charge in [0, 0.05) is 5.41 Å². The largest absolute Gasteiger partial charge is 0.297 e. The molecular formula is C30H47BrO. The average Bonchev–Trinajstić information content (AvgIpc) is 2.70. The molecule has 0 bridgehead atoms. The van der Waals surface area contributed by atoms with E-state index in [1.54, 1.807) is 0 Å². The fourth-order valence-electron chi connectivity index (χ4n) is 10.3. The Hall–Kier alpha value is -0.110. The highest BCUT2D eigenvalue weighted by Crippen LogP contribution is 2.77. The molecule has 4 fully saturated rings. The second-order valence-corrected chi connectivity index (χ2v) is 16.2. The van der Waals surface area contributed by atoms with Gasteiger partial charge in [-0.25, -0.2) is 0 Å². The lowest BCUT2D eigenvalue weighted by molar-refractivity contribution is -0.229. The molecule has 32 heavy (non-hydrogen) atoms. The van der Waals surface area contributed by atoms with Gasteiger partial charge in [-0.3, -0.25) is 4.79 Å². The van der Waals surface area contributed by atoms with Crippen LogP contribution in [0.5, 0.6) is 0 Å². The number of rotatable bonds is 0. The van der Waals surface area contributed by atoms with Gasteiger partial charge in [0.1, 0.15) is 0 Å². The van der Waals surface area contributed by atoms with Crippen molar-refractivity contribution in [2.24, 2.45) is 50.2 Å². The van der Waals surface area contributed by atoms with Crippen molar-refractivity contribution in [3.63, 3.8) is 0 Å². The van der Waals surface area contributed by atoms with Crippen molar-refractivity contribution < 1.29 is 4.79 Å². The fraction of sp³-hybridized carbons (Fsp3) is 0.900. The highest BCUT2D eigenvalue weighted by atomic mass is 79.9. The summed E-state index contributed by atoms with van der Waals surface area (Å²) >= 11 is 3.81. The molecule has 1 unspecified atom stereocenters. The number of carbonyl (C=O) groups is 1. The van der Waals surface area contributed by atoms with Crippen LogP contribution in [0.2, 0.25) is 0 Å². The molecule has 8 atom stereocenters. The molecule has 0 radical (unpaired) electrons. The zero-order valence-electron chi connectivity index (χ0n) is 22.0. The Bertz CT molecular complexity index is 868. The van der Waals surface area contributed by atoms with Gasteiger partial charge in [-0.1, -0.05) is 69.1 Å². The van der Waals surface area contributed by atoms with Gasteiger partial charge in [-0.05, 0) is 116 Å². The van der Waals surface area contributed by atoms with Crippen LogP contribution in [-0.4, -0.2) is 10.6 Å². The Morgan fingerprint density at radius 3 is 2.09 bits per heavy atom. The first-order valence-electron chi connectivity index (χ1n) is 13.5. The van der Waals surface area contributed by atoms with Crippen molar-refractivity contribution in [2.45, 2.75) is 118 Å². The summed E-state index contributed by atoms with van der Waals surface area (Å²) in [4.78, 5) is 13.1. The number of ketones is 1. The van der Waals surface area contributed by atoms with E-state index in [-0.39, 0.29) is 10.2 Å². The Morgan fingerprint density at radius 2 is 1.41 bits per heavy atom. The molecular weight excluding hydrogens is 456 g/mol. The number of alkyl halides is 1. The molecule has 0 aliphatic heterocycles. The maximum atomic E-state index is 13.1. The third-order valence-corrected chi connectivity index (χ3v) is 13.6. The fourth-order valence-corrected chi connectivity index (χ4v) is 11.3. The smallest absolute Gasteiger partial charge is 0.156 e. The van der Waals surface area contributed by atoms with Crippen LogP contribution in [0.4, 0.5) is 0 Å². The molecule has 5 aliphatic rings. The Morgan fingerprint density at radius 1 is 0.812 bits per heavy atom. The molecule has 0 spiro atoms. The predicted molar refractivity (Wildman–Crippen MR) is 138 cm³/mol. The van der Waals surface area contributed by atoms with E-state index in [0.29, 0.717) is 38.8 Å².